The van der Waals surface area contributed by atoms with Crippen LogP contribution in [0, 0.1) is 5.82 Å². The van der Waals surface area contributed by atoms with Gasteiger partial charge in [-0.3, -0.25) is 5.43 Å². The molecule has 5 nitrogen and oxygen atoms in total. The molecule has 0 aliphatic carbocycles. The molecule has 2 N–H and O–H groups in total. The van der Waals surface area contributed by atoms with Crippen LogP contribution in [0.1, 0.15) is 16.1 Å². The lowest BCUT2D eigenvalue weighted by molar-refractivity contribution is 0.0691. The van der Waals surface area contributed by atoms with E-state index in [0.717, 1.165) is 0 Å². The predicted octanol–water partition coefficient (Wildman–Crippen LogP) is 4.33. The number of carbonyl (C=O) groups is 1. The third-order valence-electron chi connectivity index (χ3n) is 2.50. The molecule has 0 fully saturated rings. The van der Waals surface area contributed by atoms with E-state index in [1.165, 1.54) is 30.5 Å². The monoisotopic (exact) mass is 361 g/mol. The Balaban J connectivity index is 2.29. The zero-order chi connectivity index (χ0) is 16.3. The van der Waals surface area contributed by atoms with Gasteiger partial charge in [-0.1, -0.05) is 46.9 Å². The van der Waals surface area contributed by atoms with E-state index >= 15 is 0 Å². The molecule has 0 bridgehead atoms. The molecule has 0 saturated heterocycles. The quantitative estimate of drug-likeness (QED) is 0.482. The van der Waals surface area contributed by atoms with E-state index in [2.05, 4.69) is 15.5 Å². The molecule has 0 aliphatic rings. The van der Waals surface area contributed by atoms with Gasteiger partial charge in [0.25, 0.3) is 0 Å². The number of halogens is 4. The predicted molar refractivity (Wildman–Crippen MR) is 83.8 cm³/mol. The summed E-state index contributed by atoms with van der Waals surface area (Å²) >= 11 is 17.6. The van der Waals surface area contributed by atoms with Crippen LogP contribution >= 0.6 is 34.8 Å². The molecule has 0 spiro atoms. The van der Waals surface area contributed by atoms with Gasteiger partial charge in [0.15, 0.2) is 10.8 Å². The molecule has 0 atom stereocenters. The Labute approximate surface area is 139 Å². The highest BCUT2D eigenvalue weighted by Gasteiger charge is 2.20. The number of anilines is 1. The van der Waals surface area contributed by atoms with Crippen molar-refractivity contribution in [2.75, 3.05) is 5.43 Å². The number of carboxylic acids is 1. The summed E-state index contributed by atoms with van der Waals surface area (Å²) in [6.45, 7) is 0. The van der Waals surface area contributed by atoms with Gasteiger partial charge in [0.05, 0.1) is 11.9 Å². The number of rotatable bonds is 4. The molecular formula is C13H7Cl3FN3O2. The summed E-state index contributed by atoms with van der Waals surface area (Å²) in [7, 11) is 0. The normalized spacial score (nSPS) is 10.9. The Bertz CT molecular complexity index is 751. The Hall–Kier alpha value is -1.89. The van der Waals surface area contributed by atoms with Crippen molar-refractivity contribution < 1.29 is 14.3 Å². The number of hydrogen-bond acceptors (Lipinski definition) is 4. The van der Waals surface area contributed by atoms with Gasteiger partial charge in [0.2, 0.25) is 0 Å². The van der Waals surface area contributed by atoms with Crippen LogP contribution in [0.4, 0.5) is 10.1 Å². The first-order chi connectivity index (χ1) is 10.4. The van der Waals surface area contributed by atoms with E-state index in [1.807, 2.05) is 0 Å². The minimum atomic E-state index is -1.35. The van der Waals surface area contributed by atoms with E-state index in [1.54, 1.807) is 0 Å². The molecule has 2 aromatic rings. The average Bonchev–Trinajstić information content (AvgIpc) is 2.48. The maximum Gasteiger partial charge on any atom is 0.356 e. The van der Waals surface area contributed by atoms with Crippen LogP contribution in [-0.2, 0) is 0 Å². The van der Waals surface area contributed by atoms with Crippen molar-refractivity contribution in [3.8, 4) is 0 Å². The maximum absolute atomic E-state index is 12.8. The summed E-state index contributed by atoms with van der Waals surface area (Å²) in [5.74, 6) is -1.72. The number of hydrazone groups is 1. The highest BCUT2D eigenvalue weighted by atomic mass is 35.5. The lowest BCUT2D eigenvalue weighted by Crippen LogP contribution is -2.05. The second-order valence-electron chi connectivity index (χ2n) is 3.98. The number of pyridine rings is 1. The van der Waals surface area contributed by atoms with Gasteiger partial charge in [-0.2, -0.15) is 5.10 Å². The van der Waals surface area contributed by atoms with Crippen molar-refractivity contribution in [1.29, 1.82) is 0 Å². The van der Waals surface area contributed by atoms with E-state index in [-0.39, 0.29) is 26.7 Å². The van der Waals surface area contributed by atoms with Crippen LogP contribution in [0.3, 0.4) is 0 Å². The summed E-state index contributed by atoms with van der Waals surface area (Å²) < 4.78 is 12.8. The minimum absolute atomic E-state index is 0.0131. The fourth-order valence-corrected chi connectivity index (χ4v) is 2.14. The Kier molecular flexibility index (Phi) is 5.18. The van der Waals surface area contributed by atoms with Gasteiger partial charge in [-0.15, -0.1) is 0 Å². The molecule has 1 aromatic heterocycles. The topological polar surface area (TPSA) is 74.6 Å². The Morgan fingerprint density at radius 1 is 1.23 bits per heavy atom. The minimum Gasteiger partial charge on any atom is -0.476 e. The zero-order valence-electron chi connectivity index (χ0n) is 10.6. The van der Waals surface area contributed by atoms with Gasteiger partial charge >= 0.3 is 5.97 Å². The SMILES string of the molecule is O=C(O)c1nc(Cl)c(Cl)c(N/N=C\c2ccc(F)cc2)c1Cl. The van der Waals surface area contributed by atoms with Crippen molar-refractivity contribution in [3.63, 3.8) is 0 Å². The van der Waals surface area contributed by atoms with Crippen molar-refractivity contribution in [2.24, 2.45) is 5.10 Å². The Morgan fingerprint density at radius 2 is 1.86 bits per heavy atom. The molecule has 0 aliphatic heterocycles. The molecule has 22 heavy (non-hydrogen) atoms. The highest BCUT2D eigenvalue weighted by Crippen LogP contribution is 2.36. The molecule has 1 aromatic carbocycles. The van der Waals surface area contributed by atoms with E-state index < -0.39 is 11.7 Å². The molecule has 0 radical (unpaired) electrons. The van der Waals surface area contributed by atoms with Crippen molar-refractivity contribution in [2.45, 2.75) is 0 Å². The largest absolute Gasteiger partial charge is 0.476 e. The maximum atomic E-state index is 12.8. The third-order valence-corrected chi connectivity index (χ3v) is 3.61. The molecular weight excluding hydrogens is 356 g/mol. The first kappa shape index (κ1) is 16.5. The van der Waals surface area contributed by atoms with Crippen molar-refractivity contribution in [3.05, 3.63) is 56.5 Å². The summed E-state index contributed by atoms with van der Waals surface area (Å²) in [5, 5.41) is 12.3. The fourth-order valence-electron chi connectivity index (χ4n) is 1.47. The summed E-state index contributed by atoms with van der Waals surface area (Å²) in [5.41, 5.74) is 2.68. The summed E-state index contributed by atoms with van der Waals surface area (Å²) in [6.07, 6.45) is 1.38. The van der Waals surface area contributed by atoms with Gasteiger partial charge in [0.1, 0.15) is 15.9 Å². The van der Waals surface area contributed by atoms with Crippen LogP contribution in [-0.4, -0.2) is 22.3 Å². The highest BCUT2D eigenvalue weighted by molar-refractivity contribution is 6.46. The molecule has 114 valence electrons. The molecule has 0 unspecified atom stereocenters. The first-order valence-electron chi connectivity index (χ1n) is 5.72. The zero-order valence-corrected chi connectivity index (χ0v) is 12.9. The first-order valence-corrected chi connectivity index (χ1v) is 6.86. The Morgan fingerprint density at radius 3 is 2.45 bits per heavy atom. The van der Waals surface area contributed by atoms with Gasteiger partial charge in [0, 0.05) is 0 Å². The van der Waals surface area contributed by atoms with E-state index in [0.29, 0.717) is 5.56 Å². The second-order valence-corrected chi connectivity index (χ2v) is 5.09. The number of benzene rings is 1. The number of aromatic nitrogens is 1. The third kappa shape index (κ3) is 3.65. The number of nitrogens with one attached hydrogen (secondary N) is 1. The van der Waals surface area contributed by atoms with E-state index in [9.17, 15) is 9.18 Å². The molecule has 0 amide bonds. The van der Waals surface area contributed by atoms with Crippen LogP contribution in [0.25, 0.3) is 0 Å². The van der Waals surface area contributed by atoms with Crippen molar-refractivity contribution in [1.82, 2.24) is 4.98 Å². The number of hydrogen-bond donors (Lipinski definition) is 2. The molecule has 1 heterocycles. The van der Waals surface area contributed by atoms with Gasteiger partial charge in [-0.25, -0.2) is 14.2 Å². The average molecular weight is 363 g/mol. The molecule has 9 heteroatoms. The fraction of sp³-hybridized carbons (Fsp3) is 0. The second kappa shape index (κ2) is 6.91. The van der Waals surface area contributed by atoms with Crippen LogP contribution < -0.4 is 5.43 Å². The molecule has 2 rings (SSSR count). The van der Waals surface area contributed by atoms with Gasteiger partial charge < -0.3 is 5.11 Å². The number of nitrogens with zero attached hydrogens (tertiary/aromatic N) is 2. The standard InChI is InChI=1S/C13H7Cl3FN3O2/c14-8-10(9(15)12(16)19-11(8)13(21)22)20-18-5-6-1-3-7(17)4-2-6/h1-5H,(H,19,20)(H,21,22)/b18-5-. The number of carboxylic acid groups (broad SMARTS) is 1. The van der Waals surface area contributed by atoms with Crippen LogP contribution in [0.5, 0.6) is 0 Å². The summed E-state index contributed by atoms with van der Waals surface area (Å²) in [6, 6.07) is 5.55. The summed E-state index contributed by atoms with van der Waals surface area (Å²) in [4.78, 5) is 14.6. The van der Waals surface area contributed by atoms with Gasteiger partial charge in [-0.05, 0) is 17.7 Å². The number of aromatic carboxylic acids is 1. The smallest absolute Gasteiger partial charge is 0.356 e. The van der Waals surface area contributed by atoms with Crippen LogP contribution in [0.15, 0.2) is 29.4 Å². The van der Waals surface area contributed by atoms with Crippen molar-refractivity contribution >= 4 is 52.7 Å². The van der Waals surface area contributed by atoms with E-state index in [4.69, 9.17) is 39.9 Å². The molecule has 0 saturated carbocycles. The lowest BCUT2D eigenvalue weighted by Gasteiger charge is -2.09. The lowest BCUT2D eigenvalue weighted by atomic mass is 10.2. The van der Waals surface area contributed by atoms with Crippen LogP contribution in [0.2, 0.25) is 15.2 Å².